The van der Waals surface area contributed by atoms with Crippen LogP contribution in [0, 0.1) is 6.92 Å². The van der Waals surface area contributed by atoms with Crippen LogP contribution >= 0.6 is 11.8 Å². The summed E-state index contributed by atoms with van der Waals surface area (Å²) in [6.45, 7) is 10.2. The summed E-state index contributed by atoms with van der Waals surface area (Å²) in [6, 6.07) is 3.80. The van der Waals surface area contributed by atoms with Crippen molar-refractivity contribution in [3.63, 3.8) is 0 Å². The molecule has 0 spiro atoms. The summed E-state index contributed by atoms with van der Waals surface area (Å²) < 4.78 is 0. The van der Waals surface area contributed by atoms with E-state index < -0.39 is 0 Å². The molecule has 0 aromatic heterocycles. The highest BCUT2D eigenvalue weighted by Gasteiger charge is 2.31. The van der Waals surface area contributed by atoms with Gasteiger partial charge in [0.05, 0.1) is 10.9 Å². The molecule has 1 heterocycles. The predicted molar refractivity (Wildman–Crippen MR) is 105 cm³/mol. The van der Waals surface area contributed by atoms with Gasteiger partial charge in [-0.05, 0) is 45.4 Å². The number of carbonyl (C=O) groups excluding carboxylic acids is 3. The summed E-state index contributed by atoms with van der Waals surface area (Å²) in [5.41, 5.74) is 2.20. The molecule has 142 valence electrons. The van der Waals surface area contributed by atoms with Crippen molar-refractivity contribution in [1.29, 1.82) is 0 Å². The second-order valence-corrected chi connectivity index (χ2v) is 8.10. The van der Waals surface area contributed by atoms with Gasteiger partial charge in [0.2, 0.25) is 11.8 Å². The molecular weight excluding hydrogens is 350 g/mol. The predicted octanol–water partition coefficient (Wildman–Crippen LogP) is 2.49. The minimum atomic E-state index is -0.195. The molecule has 1 aromatic carbocycles. The molecule has 3 amide bonds. The van der Waals surface area contributed by atoms with Crippen molar-refractivity contribution >= 4 is 35.2 Å². The summed E-state index contributed by atoms with van der Waals surface area (Å²) in [5, 5.41) is 5.51. The summed E-state index contributed by atoms with van der Waals surface area (Å²) in [6.07, 6.45) is 0.412. The molecule has 1 unspecified atom stereocenters. The SMILES string of the molecule is CCC(=O)NCCN1C(=O)C(C)Sc2cc(C)c(C(=O)NC(C)C)cc21. The van der Waals surface area contributed by atoms with Crippen LogP contribution in [0.5, 0.6) is 0 Å². The Hall–Kier alpha value is -2.02. The van der Waals surface area contributed by atoms with E-state index in [9.17, 15) is 14.4 Å². The second-order valence-electron chi connectivity index (χ2n) is 6.72. The monoisotopic (exact) mass is 377 g/mol. The van der Waals surface area contributed by atoms with Crippen LogP contribution in [-0.4, -0.2) is 42.1 Å². The highest BCUT2D eigenvalue weighted by atomic mass is 32.2. The second kappa shape index (κ2) is 8.58. The number of thioether (sulfide) groups is 1. The Morgan fingerprint density at radius 3 is 2.62 bits per heavy atom. The fourth-order valence-electron chi connectivity index (χ4n) is 2.80. The molecule has 0 fully saturated rings. The van der Waals surface area contributed by atoms with E-state index in [1.54, 1.807) is 17.9 Å². The maximum Gasteiger partial charge on any atom is 0.251 e. The summed E-state index contributed by atoms with van der Waals surface area (Å²) in [7, 11) is 0. The first-order valence-corrected chi connectivity index (χ1v) is 9.82. The number of hydrogen-bond donors (Lipinski definition) is 2. The lowest BCUT2D eigenvalue weighted by atomic mass is 10.1. The quantitative estimate of drug-likeness (QED) is 0.798. The van der Waals surface area contributed by atoms with Crippen LogP contribution in [0.3, 0.4) is 0 Å². The van der Waals surface area contributed by atoms with E-state index in [-0.39, 0.29) is 29.0 Å². The lowest BCUT2D eigenvalue weighted by molar-refractivity contribution is -0.121. The van der Waals surface area contributed by atoms with Crippen LogP contribution in [-0.2, 0) is 9.59 Å². The molecule has 26 heavy (non-hydrogen) atoms. The number of nitrogens with zero attached hydrogens (tertiary/aromatic N) is 1. The van der Waals surface area contributed by atoms with Gasteiger partial charge in [-0.15, -0.1) is 11.8 Å². The first-order chi connectivity index (χ1) is 12.2. The van der Waals surface area contributed by atoms with Crippen LogP contribution in [0.4, 0.5) is 5.69 Å². The number of anilines is 1. The van der Waals surface area contributed by atoms with Crippen LogP contribution in [0.25, 0.3) is 0 Å². The molecule has 1 aromatic rings. The third kappa shape index (κ3) is 4.58. The Morgan fingerprint density at radius 1 is 1.31 bits per heavy atom. The Balaban J connectivity index is 2.32. The van der Waals surface area contributed by atoms with E-state index in [0.717, 1.165) is 16.1 Å². The molecule has 1 atom stereocenters. The maximum absolute atomic E-state index is 12.7. The van der Waals surface area contributed by atoms with Gasteiger partial charge in [0, 0.05) is 36.0 Å². The number of carbonyl (C=O) groups is 3. The van der Waals surface area contributed by atoms with Crippen LogP contribution < -0.4 is 15.5 Å². The number of nitrogens with one attached hydrogen (secondary N) is 2. The van der Waals surface area contributed by atoms with Crippen molar-refractivity contribution in [2.75, 3.05) is 18.0 Å². The van der Waals surface area contributed by atoms with Gasteiger partial charge in [-0.2, -0.15) is 0 Å². The topological polar surface area (TPSA) is 78.5 Å². The fraction of sp³-hybridized carbons (Fsp3) is 0.526. The Kier molecular flexibility index (Phi) is 6.69. The molecule has 7 heteroatoms. The number of rotatable bonds is 6. The summed E-state index contributed by atoms with van der Waals surface area (Å²) >= 11 is 1.51. The first-order valence-electron chi connectivity index (χ1n) is 8.94. The van der Waals surface area contributed by atoms with E-state index in [0.29, 0.717) is 25.1 Å². The largest absolute Gasteiger partial charge is 0.354 e. The first kappa shape index (κ1) is 20.3. The normalized spacial score (nSPS) is 16.5. The summed E-state index contributed by atoms with van der Waals surface area (Å²) in [4.78, 5) is 39.3. The molecular formula is C19H27N3O3S. The number of hydrogen-bond acceptors (Lipinski definition) is 4. The van der Waals surface area contributed by atoms with Gasteiger partial charge in [-0.3, -0.25) is 14.4 Å². The van der Waals surface area contributed by atoms with Crippen molar-refractivity contribution in [2.24, 2.45) is 0 Å². The molecule has 2 rings (SSSR count). The number of fused-ring (bicyclic) bond motifs is 1. The maximum atomic E-state index is 12.7. The van der Waals surface area contributed by atoms with Gasteiger partial charge in [-0.25, -0.2) is 0 Å². The molecule has 0 saturated carbocycles. The van der Waals surface area contributed by atoms with E-state index in [1.165, 1.54) is 11.8 Å². The van der Waals surface area contributed by atoms with E-state index in [2.05, 4.69) is 10.6 Å². The lowest BCUT2D eigenvalue weighted by Gasteiger charge is -2.33. The van der Waals surface area contributed by atoms with Crippen molar-refractivity contribution < 1.29 is 14.4 Å². The molecule has 0 saturated heterocycles. The third-order valence-electron chi connectivity index (χ3n) is 4.16. The minimum Gasteiger partial charge on any atom is -0.354 e. The average molecular weight is 378 g/mol. The van der Waals surface area contributed by atoms with Gasteiger partial charge in [0.15, 0.2) is 0 Å². The highest BCUT2D eigenvalue weighted by Crippen LogP contribution is 2.40. The van der Waals surface area contributed by atoms with Gasteiger partial charge >= 0.3 is 0 Å². The molecule has 1 aliphatic heterocycles. The Labute approximate surface area is 159 Å². The van der Waals surface area contributed by atoms with Crippen LogP contribution in [0.2, 0.25) is 0 Å². The van der Waals surface area contributed by atoms with Crippen molar-refractivity contribution in [1.82, 2.24) is 10.6 Å². The number of benzene rings is 1. The van der Waals surface area contributed by atoms with Gasteiger partial charge in [0.1, 0.15) is 0 Å². The lowest BCUT2D eigenvalue weighted by Crippen LogP contribution is -2.44. The van der Waals surface area contributed by atoms with Crippen LogP contribution in [0.15, 0.2) is 17.0 Å². The minimum absolute atomic E-state index is 0.00711. The van der Waals surface area contributed by atoms with Gasteiger partial charge in [0.25, 0.3) is 5.91 Å². The Bertz CT molecular complexity index is 718. The highest BCUT2D eigenvalue weighted by molar-refractivity contribution is 8.01. The standard InChI is InChI=1S/C19H27N3O3S/c1-6-17(23)20-7-8-22-15-10-14(18(24)21-11(2)3)12(4)9-16(15)26-13(5)19(22)25/h9-11,13H,6-8H2,1-5H3,(H,20,23)(H,21,24). The molecule has 0 aliphatic carbocycles. The van der Waals surface area contributed by atoms with E-state index >= 15 is 0 Å². The van der Waals surface area contributed by atoms with E-state index in [1.807, 2.05) is 33.8 Å². The zero-order valence-electron chi connectivity index (χ0n) is 16.0. The molecule has 1 aliphatic rings. The summed E-state index contributed by atoms with van der Waals surface area (Å²) in [5.74, 6) is -0.194. The van der Waals surface area contributed by atoms with Crippen molar-refractivity contribution in [3.05, 3.63) is 23.3 Å². The van der Waals surface area contributed by atoms with Crippen molar-refractivity contribution in [2.45, 2.75) is 57.2 Å². The molecule has 2 N–H and O–H groups in total. The zero-order chi connectivity index (χ0) is 19.4. The van der Waals surface area contributed by atoms with Gasteiger partial charge < -0.3 is 15.5 Å². The fourth-order valence-corrected chi connectivity index (χ4v) is 3.95. The molecule has 0 radical (unpaired) electrons. The van der Waals surface area contributed by atoms with Crippen LogP contribution in [0.1, 0.15) is 50.0 Å². The zero-order valence-corrected chi connectivity index (χ0v) is 16.8. The Morgan fingerprint density at radius 2 is 2.00 bits per heavy atom. The average Bonchev–Trinajstić information content (AvgIpc) is 2.57. The van der Waals surface area contributed by atoms with Crippen molar-refractivity contribution in [3.8, 4) is 0 Å². The molecule has 0 bridgehead atoms. The number of amides is 3. The number of aryl methyl sites for hydroxylation is 1. The van der Waals surface area contributed by atoms with E-state index in [4.69, 9.17) is 0 Å². The molecule has 6 nitrogen and oxygen atoms in total. The third-order valence-corrected chi connectivity index (χ3v) is 5.29. The van der Waals surface area contributed by atoms with Gasteiger partial charge in [-0.1, -0.05) is 6.92 Å². The smallest absolute Gasteiger partial charge is 0.251 e.